The van der Waals surface area contributed by atoms with Crippen LogP contribution in [0.3, 0.4) is 0 Å². The summed E-state index contributed by atoms with van der Waals surface area (Å²) >= 11 is 0. The van der Waals surface area contributed by atoms with Gasteiger partial charge in [0, 0.05) is 31.9 Å². The van der Waals surface area contributed by atoms with Gasteiger partial charge in [-0.25, -0.2) is 0 Å². The molecule has 0 saturated carbocycles. The number of carbonyl (C=O) groups is 1. The molecule has 2 saturated heterocycles. The monoisotopic (exact) mass is 672 g/mol. The zero-order chi connectivity index (χ0) is 34.8. The third-order valence-corrected chi connectivity index (χ3v) is 11.1. The first kappa shape index (κ1) is 35.6. The topological polar surface area (TPSA) is 94.1 Å². The normalized spacial score (nSPS) is 18.7. The minimum absolute atomic E-state index is 0.0757. The lowest BCUT2D eigenvalue weighted by Gasteiger charge is -2.41. The molecule has 0 radical (unpaired) electrons. The first-order valence-corrected chi connectivity index (χ1v) is 18.0. The highest BCUT2D eigenvalue weighted by molar-refractivity contribution is 5.91. The van der Waals surface area contributed by atoms with Gasteiger partial charge in [0.1, 0.15) is 5.41 Å². The van der Waals surface area contributed by atoms with Crippen LogP contribution in [0.4, 0.5) is 0 Å². The van der Waals surface area contributed by atoms with E-state index < -0.39 is 10.8 Å². The zero-order valence-electron chi connectivity index (χ0n) is 29.2. The van der Waals surface area contributed by atoms with E-state index in [-0.39, 0.29) is 11.8 Å². The van der Waals surface area contributed by atoms with E-state index in [1.165, 1.54) is 11.1 Å². The Morgan fingerprint density at radius 1 is 0.580 bits per heavy atom. The molecule has 4 aromatic rings. The number of amides is 1. The summed E-state index contributed by atoms with van der Waals surface area (Å²) in [5.74, 6) is 0.0924. The van der Waals surface area contributed by atoms with E-state index >= 15 is 0 Å². The summed E-state index contributed by atoms with van der Waals surface area (Å²) in [6.07, 6.45) is 1.93. The highest BCUT2D eigenvalue weighted by Gasteiger charge is 2.49. The average Bonchev–Trinajstić information content (AvgIpc) is 3.82. The van der Waals surface area contributed by atoms with Crippen molar-refractivity contribution in [3.8, 4) is 0 Å². The van der Waals surface area contributed by atoms with Crippen LogP contribution in [0, 0.1) is 11.8 Å². The maximum absolute atomic E-state index is 13.3. The molecule has 2 unspecified atom stereocenters. The number of ether oxygens (including phenoxy) is 2. The first-order valence-electron chi connectivity index (χ1n) is 18.0. The predicted molar refractivity (Wildman–Crippen MR) is 201 cm³/mol. The van der Waals surface area contributed by atoms with Crippen molar-refractivity contribution in [3.05, 3.63) is 156 Å². The van der Waals surface area contributed by atoms with E-state index in [1.54, 1.807) is 0 Å². The number of carbonyl (C=O) groups excluding carboxylic acids is 1. The molecule has 2 fully saturated rings. The summed E-state index contributed by atoms with van der Waals surface area (Å²) in [7, 11) is 0. The third kappa shape index (κ3) is 7.28. The van der Waals surface area contributed by atoms with Crippen LogP contribution in [0.25, 0.3) is 0 Å². The van der Waals surface area contributed by atoms with Gasteiger partial charge in [0.2, 0.25) is 5.91 Å². The maximum Gasteiger partial charge on any atom is 0.232 e. The fourth-order valence-corrected chi connectivity index (χ4v) is 8.69. The van der Waals surface area contributed by atoms with Crippen LogP contribution in [-0.2, 0) is 25.1 Å². The summed E-state index contributed by atoms with van der Waals surface area (Å²) in [5.41, 5.74) is 16.6. The Morgan fingerprint density at radius 3 is 1.26 bits per heavy atom. The van der Waals surface area contributed by atoms with Gasteiger partial charge >= 0.3 is 0 Å². The molecule has 0 aliphatic carbocycles. The first-order chi connectivity index (χ1) is 24.5. The SMILES string of the molecule is C=C(N)C(c1ccccc1)(c1ccccc1)C1CCN(CCOCCOCCN2CCC(C(C(N)=O)(c3ccccc3)c3ccccc3)C2)C1. The van der Waals surface area contributed by atoms with Crippen LogP contribution >= 0.6 is 0 Å². The molecule has 2 aliphatic rings. The Labute approximate surface area is 297 Å². The summed E-state index contributed by atoms with van der Waals surface area (Å²) < 4.78 is 12.0. The van der Waals surface area contributed by atoms with E-state index in [0.29, 0.717) is 38.0 Å². The van der Waals surface area contributed by atoms with Crippen LogP contribution in [0.2, 0.25) is 0 Å². The van der Waals surface area contributed by atoms with Crippen LogP contribution < -0.4 is 11.5 Å². The van der Waals surface area contributed by atoms with E-state index in [4.69, 9.17) is 20.9 Å². The van der Waals surface area contributed by atoms with Crippen molar-refractivity contribution in [1.82, 2.24) is 9.80 Å². The molecule has 4 aromatic carbocycles. The lowest BCUT2D eigenvalue weighted by Crippen LogP contribution is -2.49. The molecule has 6 rings (SSSR count). The van der Waals surface area contributed by atoms with Crippen LogP contribution in [0.15, 0.2) is 134 Å². The highest BCUT2D eigenvalue weighted by Crippen LogP contribution is 2.47. The van der Waals surface area contributed by atoms with Crippen molar-refractivity contribution in [2.75, 3.05) is 65.7 Å². The molecule has 262 valence electrons. The van der Waals surface area contributed by atoms with Crippen molar-refractivity contribution in [1.29, 1.82) is 0 Å². The Bertz CT molecular complexity index is 1450. The molecule has 0 bridgehead atoms. The molecule has 2 heterocycles. The smallest absolute Gasteiger partial charge is 0.232 e. The molecule has 50 heavy (non-hydrogen) atoms. The molecule has 7 nitrogen and oxygen atoms in total. The Morgan fingerprint density at radius 2 is 0.920 bits per heavy atom. The standard InChI is InChI=1S/C43H52N4O3/c1-34(44)42(35-14-6-2-7-15-35,36-16-8-3-9-17-36)39-22-24-46(32-39)26-28-49-30-31-50-29-27-47-25-23-40(33-47)43(41(45)48,37-18-10-4-11-19-37)38-20-12-5-13-21-38/h2-21,39-40H,1,22-33,44H2,(H2,45,48). The van der Waals surface area contributed by atoms with Gasteiger partial charge in [0.25, 0.3) is 0 Å². The fourth-order valence-electron chi connectivity index (χ4n) is 8.69. The van der Waals surface area contributed by atoms with Crippen molar-refractivity contribution >= 4 is 5.91 Å². The van der Waals surface area contributed by atoms with Gasteiger partial charge < -0.3 is 30.7 Å². The summed E-state index contributed by atoms with van der Waals surface area (Å²) in [4.78, 5) is 18.2. The lowest BCUT2D eigenvalue weighted by atomic mass is 9.63. The molecular formula is C43H52N4O3. The quantitative estimate of drug-likeness (QED) is 0.142. The number of likely N-dealkylation sites (tertiary alicyclic amines) is 2. The average molecular weight is 673 g/mol. The minimum atomic E-state index is -0.871. The van der Waals surface area contributed by atoms with Crippen molar-refractivity contribution in [2.24, 2.45) is 23.3 Å². The Balaban J connectivity index is 0.949. The fraction of sp³-hybridized carbons (Fsp3) is 0.372. The summed E-state index contributed by atoms with van der Waals surface area (Å²) in [6.45, 7) is 12.0. The predicted octanol–water partition coefficient (Wildman–Crippen LogP) is 5.59. The highest BCUT2D eigenvalue weighted by atomic mass is 16.5. The summed E-state index contributed by atoms with van der Waals surface area (Å²) in [5, 5.41) is 0. The number of hydrogen-bond donors (Lipinski definition) is 2. The molecule has 2 aliphatic heterocycles. The van der Waals surface area contributed by atoms with Gasteiger partial charge in [-0.2, -0.15) is 0 Å². The molecule has 1 amide bonds. The molecule has 4 N–H and O–H groups in total. The number of benzene rings is 4. The number of nitrogens with two attached hydrogens (primary N) is 2. The zero-order valence-corrected chi connectivity index (χ0v) is 29.2. The Kier molecular flexibility index (Phi) is 11.8. The molecule has 0 spiro atoms. The molecular weight excluding hydrogens is 620 g/mol. The number of primary amides is 1. The van der Waals surface area contributed by atoms with Gasteiger partial charge in [0.15, 0.2) is 0 Å². The maximum atomic E-state index is 13.3. The molecule has 7 heteroatoms. The van der Waals surface area contributed by atoms with Crippen LogP contribution in [0.1, 0.15) is 35.1 Å². The van der Waals surface area contributed by atoms with E-state index in [1.807, 2.05) is 60.7 Å². The van der Waals surface area contributed by atoms with Gasteiger partial charge in [0.05, 0.1) is 31.8 Å². The molecule has 2 atom stereocenters. The van der Waals surface area contributed by atoms with Crippen LogP contribution in [-0.4, -0.2) is 81.4 Å². The molecule has 0 aromatic heterocycles. The number of allylic oxidation sites excluding steroid dienone is 1. The lowest BCUT2D eigenvalue weighted by molar-refractivity contribution is -0.123. The summed E-state index contributed by atoms with van der Waals surface area (Å²) in [6, 6.07) is 41.2. The van der Waals surface area contributed by atoms with Gasteiger partial charge in [-0.1, -0.05) is 128 Å². The van der Waals surface area contributed by atoms with Crippen molar-refractivity contribution in [3.63, 3.8) is 0 Å². The Hall–Kier alpha value is -4.27. The largest absolute Gasteiger partial charge is 0.401 e. The van der Waals surface area contributed by atoms with E-state index in [0.717, 1.165) is 63.2 Å². The third-order valence-electron chi connectivity index (χ3n) is 11.1. The van der Waals surface area contributed by atoms with Crippen molar-refractivity contribution < 1.29 is 14.3 Å². The second-order valence-electron chi connectivity index (χ2n) is 13.8. The number of rotatable bonds is 17. The van der Waals surface area contributed by atoms with Crippen molar-refractivity contribution in [2.45, 2.75) is 23.7 Å². The minimum Gasteiger partial charge on any atom is -0.401 e. The van der Waals surface area contributed by atoms with Crippen LogP contribution in [0.5, 0.6) is 0 Å². The second kappa shape index (κ2) is 16.6. The number of hydrogen-bond acceptors (Lipinski definition) is 6. The van der Waals surface area contributed by atoms with E-state index in [9.17, 15) is 4.79 Å². The number of nitrogens with zero attached hydrogens (tertiary/aromatic N) is 2. The second-order valence-corrected chi connectivity index (χ2v) is 13.8. The van der Waals surface area contributed by atoms with E-state index in [2.05, 4.69) is 77.0 Å². The van der Waals surface area contributed by atoms with Gasteiger partial charge in [-0.15, -0.1) is 0 Å². The van der Waals surface area contributed by atoms with Gasteiger partial charge in [-0.05, 0) is 60.0 Å². The van der Waals surface area contributed by atoms with Gasteiger partial charge in [-0.3, -0.25) is 4.79 Å².